The number of carbonyl (C=O) groups is 2. The number of carbonyl (C=O) groups excluding carboxylic acids is 1. The topological polar surface area (TPSA) is 70.5 Å². The molecule has 0 aromatic carbocycles. The summed E-state index contributed by atoms with van der Waals surface area (Å²) in [5, 5.41) is 8.88. The van der Waals surface area contributed by atoms with Crippen LogP contribution in [0.3, 0.4) is 0 Å². The summed E-state index contributed by atoms with van der Waals surface area (Å²) in [6.45, 7) is 5.31. The van der Waals surface area contributed by atoms with Crippen molar-refractivity contribution in [3.05, 3.63) is 29.6 Å². The van der Waals surface area contributed by atoms with Crippen molar-refractivity contribution in [2.75, 3.05) is 13.1 Å². The zero-order valence-electron chi connectivity index (χ0n) is 10.7. The first-order chi connectivity index (χ1) is 8.60. The Morgan fingerprint density at radius 1 is 1.28 bits per heavy atom. The standard InChI is InChI=1S/C13H18N2O3/c1-3-7-15(8-4-2)12(16)11-9-10(13(17)18)5-6-14-11/h5-6,9H,3-4,7-8H2,1-2H3,(H,17,18). The van der Waals surface area contributed by atoms with Gasteiger partial charge in [-0.25, -0.2) is 4.79 Å². The SMILES string of the molecule is CCCN(CCC)C(=O)c1cc(C(=O)O)ccn1. The van der Waals surface area contributed by atoms with E-state index >= 15 is 0 Å². The Hall–Kier alpha value is -1.91. The molecule has 0 aliphatic carbocycles. The fourth-order valence-electron chi connectivity index (χ4n) is 1.70. The van der Waals surface area contributed by atoms with Crippen LogP contribution in [0.1, 0.15) is 47.5 Å². The van der Waals surface area contributed by atoms with Gasteiger partial charge in [-0.3, -0.25) is 9.78 Å². The van der Waals surface area contributed by atoms with Gasteiger partial charge in [0, 0.05) is 19.3 Å². The number of amides is 1. The molecule has 1 amide bonds. The van der Waals surface area contributed by atoms with Crippen LogP contribution < -0.4 is 0 Å². The molecular formula is C13H18N2O3. The lowest BCUT2D eigenvalue weighted by Gasteiger charge is -2.20. The van der Waals surface area contributed by atoms with Gasteiger partial charge < -0.3 is 10.0 Å². The molecule has 0 unspecified atom stereocenters. The van der Waals surface area contributed by atoms with E-state index in [1.54, 1.807) is 4.90 Å². The summed E-state index contributed by atoms with van der Waals surface area (Å²) in [6.07, 6.45) is 3.08. The number of nitrogens with zero attached hydrogens (tertiary/aromatic N) is 2. The number of carboxylic acids is 1. The van der Waals surface area contributed by atoms with E-state index in [0.29, 0.717) is 13.1 Å². The number of aromatic nitrogens is 1. The molecule has 0 saturated carbocycles. The third-order valence-electron chi connectivity index (χ3n) is 2.50. The van der Waals surface area contributed by atoms with E-state index in [4.69, 9.17) is 5.11 Å². The number of hydrogen-bond donors (Lipinski definition) is 1. The van der Waals surface area contributed by atoms with E-state index in [1.807, 2.05) is 13.8 Å². The van der Waals surface area contributed by atoms with Crippen LogP contribution in [0.15, 0.2) is 18.3 Å². The van der Waals surface area contributed by atoms with Crippen LogP contribution >= 0.6 is 0 Å². The Morgan fingerprint density at radius 3 is 2.39 bits per heavy atom. The minimum atomic E-state index is -1.05. The van der Waals surface area contributed by atoms with Gasteiger partial charge in [-0.2, -0.15) is 0 Å². The van der Waals surface area contributed by atoms with Crippen molar-refractivity contribution in [3.8, 4) is 0 Å². The summed E-state index contributed by atoms with van der Waals surface area (Å²) in [4.78, 5) is 28.7. The van der Waals surface area contributed by atoms with Gasteiger partial charge in [-0.1, -0.05) is 13.8 Å². The first-order valence-electron chi connectivity index (χ1n) is 6.08. The summed E-state index contributed by atoms with van der Waals surface area (Å²) in [6, 6.07) is 2.70. The third-order valence-corrected chi connectivity index (χ3v) is 2.50. The molecule has 1 N–H and O–H groups in total. The minimum absolute atomic E-state index is 0.0845. The average molecular weight is 250 g/mol. The van der Waals surface area contributed by atoms with Gasteiger partial charge in [0.1, 0.15) is 5.69 Å². The number of rotatable bonds is 6. The van der Waals surface area contributed by atoms with Crippen LogP contribution in [0.4, 0.5) is 0 Å². The van der Waals surface area contributed by atoms with E-state index in [2.05, 4.69) is 4.98 Å². The van der Waals surface area contributed by atoms with Crippen molar-refractivity contribution in [3.63, 3.8) is 0 Å². The normalized spacial score (nSPS) is 10.1. The van der Waals surface area contributed by atoms with Crippen molar-refractivity contribution in [2.45, 2.75) is 26.7 Å². The monoisotopic (exact) mass is 250 g/mol. The fourth-order valence-corrected chi connectivity index (χ4v) is 1.70. The van der Waals surface area contributed by atoms with E-state index in [1.165, 1.54) is 18.3 Å². The van der Waals surface area contributed by atoms with Gasteiger partial charge in [-0.15, -0.1) is 0 Å². The van der Waals surface area contributed by atoms with Crippen molar-refractivity contribution < 1.29 is 14.7 Å². The molecular weight excluding hydrogens is 232 g/mol. The second-order valence-corrected chi connectivity index (χ2v) is 4.03. The van der Waals surface area contributed by atoms with Crippen LogP contribution in [-0.4, -0.2) is 40.0 Å². The number of carboxylic acid groups (broad SMARTS) is 1. The quantitative estimate of drug-likeness (QED) is 0.838. The predicted molar refractivity (Wildman–Crippen MR) is 67.7 cm³/mol. The van der Waals surface area contributed by atoms with Gasteiger partial charge in [-0.05, 0) is 25.0 Å². The molecule has 1 aromatic heterocycles. The summed E-state index contributed by atoms with van der Waals surface area (Å²) in [5.41, 5.74) is 0.276. The highest BCUT2D eigenvalue weighted by Gasteiger charge is 2.16. The lowest BCUT2D eigenvalue weighted by molar-refractivity contribution is 0.0696. The molecule has 1 aromatic rings. The van der Waals surface area contributed by atoms with Crippen LogP contribution in [-0.2, 0) is 0 Å². The minimum Gasteiger partial charge on any atom is -0.478 e. The molecule has 18 heavy (non-hydrogen) atoms. The smallest absolute Gasteiger partial charge is 0.335 e. The Labute approximate surface area is 106 Å². The maximum Gasteiger partial charge on any atom is 0.335 e. The molecule has 5 heteroatoms. The molecule has 0 saturated heterocycles. The first-order valence-corrected chi connectivity index (χ1v) is 6.08. The molecule has 0 aliphatic heterocycles. The first kappa shape index (κ1) is 14.2. The second-order valence-electron chi connectivity index (χ2n) is 4.03. The zero-order valence-corrected chi connectivity index (χ0v) is 10.7. The molecule has 1 rings (SSSR count). The summed E-state index contributed by atoms with van der Waals surface area (Å²) < 4.78 is 0. The van der Waals surface area contributed by atoms with Crippen LogP contribution in [0.25, 0.3) is 0 Å². The van der Waals surface area contributed by atoms with E-state index in [-0.39, 0.29) is 17.2 Å². The van der Waals surface area contributed by atoms with E-state index < -0.39 is 5.97 Å². The van der Waals surface area contributed by atoms with Crippen molar-refractivity contribution in [1.82, 2.24) is 9.88 Å². The van der Waals surface area contributed by atoms with Gasteiger partial charge in [0.05, 0.1) is 5.56 Å². The van der Waals surface area contributed by atoms with Gasteiger partial charge in [0.2, 0.25) is 0 Å². The maximum absolute atomic E-state index is 12.2. The lowest BCUT2D eigenvalue weighted by Crippen LogP contribution is -2.33. The Morgan fingerprint density at radius 2 is 1.89 bits per heavy atom. The van der Waals surface area contributed by atoms with Gasteiger partial charge in [0.15, 0.2) is 0 Å². The molecule has 1 heterocycles. The van der Waals surface area contributed by atoms with Crippen LogP contribution in [0.2, 0.25) is 0 Å². The maximum atomic E-state index is 12.2. The van der Waals surface area contributed by atoms with Gasteiger partial charge >= 0.3 is 5.97 Å². The third kappa shape index (κ3) is 3.55. The summed E-state index contributed by atoms with van der Waals surface area (Å²) in [7, 11) is 0. The largest absolute Gasteiger partial charge is 0.478 e. The number of pyridine rings is 1. The Kier molecular flexibility index (Phi) is 5.30. The molecule has 0 aliphatic rings. The zero-order chi connectivity index (χ0) is 13.5. The molecule has 0 radical (unpaired) electrons. The second kappa shape index (κ2) is 6.74. The average Bonchev–Trinajstić information content (AvgIpc) is 2.38. The molecule has 0 fully saturated rings. The van der Waals surface area contributed by atoms with E-state index in [9.17, 15) is 9.59 Å². The van der Waals surface area contributed by atoms with Crippen molar-refractivity contribution >= 4 is 11.9 Å². The Balaban J connectivity index is 2.93. The molecule has 5 nitrogen and oxygen atoms in total. The highest BCUT2D eigenvalue weighted by atomic mass is 16.4. The van der Waals surface area contributed by atoms with Gasteiger partial charge in [0.25, 0.3) is 5.91 Å². The number of aromatic carboxylic acids is 1. The predicted octanol–water partition coefficient (Wildman–Crippen LogP) is 2.04. The highest BCUT2D eigenvalue weighted by Crippen LogP contribution is 2.07. The molecule has 0 atom stereocenters. The van der Waals surface area contributed by atoms with Crippen molar-refractivity contribution in [2.24, 2.45) is 0 Å². The number of hydrogen-bond acceptors (Lipinski definition) is 3. The molecule has 0 spiro atoms. The summed E-state index contributed by atoms with van der Waals surface area (Å²) >= 11 is 0. The van der Waals surface area contributed by atoms with Crippen LogP contribution in [0, 0.1) is 0 Å². The fraction of sp³-hybridized carbons (Fsp3) is 0.462. The van der Waals surface area contributed by atoms with E-state index in [0.717, 1.165) is 12.8 Å². The molecule has 0 bridgehead atoms. The van der Waals surface area contributed by atoms with Crippen LogP contribution in [0.5, 0.6) is 0 Å². The lowest BCUT2D eigenvalue weighted by atomic mass is 10.2. The Bertz CT molecular complexity index is 426. The highest BCUT2D eigenvalue weighted by molar-refractivity contribution is 5.95. The molecule has 98 valence electrons. The summed E-state index contributed by atoms with van der Waals surface area (Å²) in [5.74, 6) is -1.26. The van der Waals surface area contributed by atoms with Crippen molar-refractivity contribution in [1.29, 1.82) is 0 Å².